The topological polar surface area (TPSA) is 74.6 Å². The third-order valence-corrected chi connectivity index (χ3v) is 4.00. The van der Waals surface area contributed by atoms with Crippen LogP contribution in [0.4, 0.5) is 0 Å². The molecule has 1 aromatic rings. The SMILES string of the molecule is CNCc1ccc(S(=O)(=O)NCC(C)N(C)C)o1. The van der Waals surface area contributed by atoms with Crippen LogP contribution in [0.5, 0.6) is 0 Å². The molecule has 0 aliphatic rings. The Bertz CT molecular complexity index is 468. The molecule has 0 bridgehead atoms. The lowest BCUT2D eigenvalue weighted by Gasteiger charge is -2.19. The molecular weight excluding hydrogens is 254 g/mol. The van der Waals surface area contributed by atoms with E-state index in [2.05, 4.69) is 10.0 Å². The molecule has 1 heterocycles. The number of hydrogen-bond acceptors (Lipinski definition) is 5. The average Bonchev–Trinajstić information content (AvgIpc) is 2.75. The van der Waals surface area contributed by atoms with Crippen molar-refractivity contribution in [1.29, 1.82) is 0 Å². The summed E-state index contributed by atoms with van der Waals surface area (Å²) in [6.45, 7) is 2.79. The van der Waals surface area contributed by atoms with E-state index in [0.717, 1.165) is 0 Å². The molecule has 1 aromatic heterocycles. The molecule has 104 valence electrons. The molecule has 1 unspecified atom stereocenters. The van der Waals surface area contributed by atoms with Crippen molar-refractivity contribution in [3.8, 4) is 0 Å². The lowest BCUT2D eigenvalue weighted by Crippen LogP contribution is -2.38. The van der Waals surface area contributed by atoms with Crippen LogP contribution in [-0.2, 0) is 16.6 Å². The van der Waals surface area contributed by atoms with Crippen molar-refractivity contribution in [3.63, 3.8) is 0 Å². The molecule has 6 nitrogen and oxygen atoms in total. The standard InChI is InChI=1S/C11H21N3O3S/c1-9(14(3)4)7-13-18(15,16)11-6-5-10(17-11)8-12-2/h5-6,9,12-13H,7-8H2,1-4H3. The molecule has 0 aromatic carbocycles. The van der Waals surface area contributed by atoms with Gasteiger partial charge < -0.3 is 14.6 Å². The van der Waals surface area contributed by atoms with Gasteiger partial charge in [-0.25, -0.2) is 13.1 Å². The van der Waals surface area contributed by atoms with Crippen molar-refractivity contribution in [2.45, 2.75) is 24.6 Å². The maximum atomic E-state index is 11.9. The first kappa shape index (κ1) is 15.2. The normalized spacial score (nSPS) is 14.1. The highest BCUT2D eigenvalue weighted by Crippen LogP contribution is 2.13. The van der Waals surface area contributed by atoms with E-state index in [1.54, 1.807) is 13.1 Å². The molecule has 0 amide bonds. The summed E-state index contributed by atoms with van der Waals surface area (Å²) in [4.78, 5) is 1.94. The van der Waals surface area contributed by atoms with Gasteiger partial charge in [0, 0.05) is 12.6 Å². The first-order valence-electron chi connectivity index (χ1n) is 5.76. The van der Waals surface area contributed by atoms with Gasteiger partial charge in [0.1, 0.15) is 5.76 Å². The third-order valence-electron chi connectivity index (χ3n) is 2.70. The van der Waals surface area contributed by atoms with Crippen LogP contribution < -0.4 is 10.0 Å². The van der Waals surface area contributed by atoms with E-state index >= 15 is 0 Å². The summed E-state index contributed by atoms with van der Waals surface area (Å²) in [5.41, 5.74) is 0. The van der Waals surface area contributed by atoms with Gasteiger partial charge in [0.15, 0.2) is 0 Å². The molecular formula is C11H21N3O3S. The second-order valence-corrected chi connectivity index (χ2v) is 6.11. The summed E-state index contributed by atoms with van der Waals surface area (Å²) in [5.74, 6) is 0.596. The highest BCUT2D eigenvalue weighted by Gasteiger charge is 2.19. The van der Waals surface area contributed by atoms with E-state index in [0.29, 0.717) is 18.8 Å². The number of nitrogens with one attached hydrogen (secondary N) is 2. The van der Waals surface area contributed by atoms with Crippen LogP contribution in [0.1, 0.15) is 12.7 Å². The molecule has 1 rings (SSSR count). The largest absolute Gasteiger partial charge is 0.447 e. The van der Waals surface area contributed by atoms with Gasteiger partial charge in [0.05, 0.1) is 6.54 Å². The van der Waals surface area contributed by atoms with Gasteiger partial charge in [0.2, 0.25) is 5.09 Å². The second kappa shape index (κ2) is 6.33. The van der Waals surface area contributed by atoms with Crippen molar-refractivity contribution in [3.05, 3.63) is 17.9 Å². The molecule has 0 aliphatic carbocycles. The van der Waals surface area contributed by atoms with Crippen molar-refractivity contribution < 1.29 is 12.8 Å². The molecule has 7 heteroatoms. The fourth-order valence-electron chi connectivity index (χ4n) is 1.26. The minimum Gasteiger partial charge on any atom is -0.447 e. The van der Waals surface area contributed by atoms with Gasteiger partial charge >= 0.3 is 0 Å². The Labute approximate surface area is 108 Å². The molecule has 0 radical (unpaired) electrons. The zero-order valence-corrected chi connectivity index (χ0v) is 12.0. The molecule has 2 N–H and O–H groups in total. The first-order valence-corrected chi connectivity index (χ1v) is 7.24. The number of furan rings is 1. The number of hydrogen-bond donors (Lipinski definition) is 2. The predicted molar refractivity (Wildman–Crippen MR) is 69.8 cm³/mol. The Hall–Kier alpha value is -0.890. The van der Waals surface area contributed by atoms with Gasteiger partial charge in [-0.15, -0.1) is 0 Å². The van der Waals surface area contributed by atoms with Crippen molar-refractivity contribution in [2.75, 3.05) is 27.7 Å². The summed E-state index contributed by atoms with van der Waals surface area (Å²) >= 11 is 0. The summed E-state index contributed by atoms with van der Waals surface area (Å²) < 4.78 is 31.6. The van der Waals surface area contributed by atoms with Gasteiger partial charge in [0.25, 0.3) is 10.0 Å². The molecule has 0 spiro atoms. The Balaban J connectivity index is 2.68. The highest BCUT2D eigenvalue weighted by atomic mass is 32.2. The van der Waals surface area contributed by atoms with Crippen LogP contribution >= 0.6 is 0 Å². The van der Waals surface area contributed by atoms with Crippen LogP contribution in [0, 0.1) is 0 Å². The molecule has 0 saturated heterocycles. The summed E-state index contributed by atoms with van der Waals surface area (Å²) in [5, 5.41) is 2.86. The third kappa shape index (κ3) is 4.09. The molecule has 0 aliphatic heterocycles. The van der Waals surface area contributed by atoms with Crippen LogP contribution in [0.3, 0.4) is 0 Å². The Morgan fingerprint density at radius 3 is 2.61 bits per heavy atom. The Morgan fingerprint density at radius 2 is 2.06 bits per heavy atom. The fourth-order valence-corrected chi connectivity index (χ4v) is 2.32. The van der Waals surface area contributed by atoms with Crippen LogP contribution in [0.2, 0.25) is 0 Å². The molecule has 18 heavy (non-hydrogen) atoms. The highest BCUT2D eigenvalue weighted by molar-refractivity contribution is 7.89. The molecule has 0 fully saturated rings. The monoisotopic (exact) mass is 275 g/mol. The van der Waals surface area contributed by atoms with Crippen LogP contribution in [0.25, 0.3) is 0 Å². The van der Waals surface area contributed by atoms with Gasteiger partial charge in [-0.3, -0.25) is 0 Å². The van der Waals surface area contributed by atoms with Crippen molar-refractivity contribution in [1.82, 2.24) is 14.9 Å². The van der Waals surface area contributed by atoms with E-state index in [4.69, 9.17) is 4.42 Å². The average molecular weight is 275 g/mol. The van der Waals surface area contributed by atoms with E-state index in [9.17, 15) is 8.42 Å². The van der Waals surface area contributed by atoms with Crippen molar-refractivity contribution >= 4 is 10.0 Å². The lowest BCUT2D eigenvalue weighted by molar-refractivity contribution is 0.312. The van der Waals surface area contributed by atoms with Crippen molar-refractivity contribution in [2.24, 2.45) is 0 Å². The number of nitrogens with zero attached hydrogens (tertiary/aromatic N) is 1. The zero-order chi connectivity index (χ0) is 13.8. The number of sulfonamides is 1. The molecule has 0 saturated carbocycles. The quantitative estimate of drug-likeness (QED) is 0.745. The van der Waals surface area contributed by atoms with Gasteiger partial charge in [-0.05, 0) is 40.2 Å². The summed E-state index contributed by atoms with van der Waals surface area (Å²) in [6.07, 6.45) is 0. The van der Waals surface area contributed by atoms with E-state index < -0.39 is 10.0 Å². The minimum absolute atomic E-state index is 0.0429. The first-order chi connectivity index (χ1) is 8.36. The maximum absolute atomic E-state index is 11.9. The van der Waals surface area contributed by atoms with Gasteiger partial charge in [-0.1, -0.05) is 0 Å². The summed E-state index contributed by atoms with van der Waals surface area (Å²) in [6, 6.07) is 3.24. The number of rotatable bonds is 7. The summed E-state index contributed by atoms with van der Waals surface area (Å²) in [7, 11) is 2.01. The number of likely N-dealkylation sites (N-methyl/N-ethyl adjacent to an activating group) is 1. The maximum Gasteiger partial charge on any atom is 0.274 e. The van der Waals surface area contributed by atoms with Crippen LogP contribution in [-0.4, -0.2) is 47.0 Å². The Morgan fingerprint density at radius 1 is 1.39 bits per heavy atom. The lowest BCUT2D eigenvalue weighted by atomic mass is 10.3. The predicted octanol–water partition coefficient (Wildman–Crippen LogP) is 0.227. The zero-order valence-electron chi connectivity index (χ0n) is 11.2. The second-order valence-electron chi connectivity index (χ2n) is 4.42. The van der Waals surface area contributed by atoms with Crippen LogP contribution in [0.15, 0.2) is 21.6 Å². The fraction of sp³-hybridized carbons (Fsp3) is 0.636. The van der Waals surface area contributed by atoms with E-state index in [1.807, 2.05) is 25.9 Å². The molecule has 1 atom stereocenters. The Kier molecular flexibility index (Phi) is 5.33. The van der Waals surface area contributed by atoms with E-state index in [-0.39, 0.29) is 11.1 Å². The van der Waals surface area contributed by atoms with E-state index in [1.165, 1.54) is 6.07 Å². The smallest absolute Gasteiger partial charge is 0.274 e. The van der Waals surface area contributed by atoms with Gasteiger partial charge in [-0.2, -0.15) is 0 Å². The minimum atomic E-state index is -3.56.